The number of anilines is 1. The molecule has 19 heavy (non-hydrogen) atoms. The molecule has 0 unspecified atom stereocenters. The number of amides is 1. The van der Waals surface area contributed by atoms with E-state index < -0.39 is 11.9 Å². The minimum Gasteiger partial charge on any atom is -0.459 e. The van der Waals surface area contributed by atoms with Gasteiger partial charge in [-0.25, -0.2) is 4.79 Å². The lowest BCUT2D eigenvalue weighted by atomic mass is 10.2. The number of nitrogens with one attached hydrogen (secondary N) is 1. The van der Waals surface area contributed by atoms with Gasteiger partial charge >= 0.3 is 11.9 Å². The number of esters is 1. The van der Waals surface area contributed by atoms with Crippen LogP contribution in [-0.2, 0) is 14.3 Å². The van der Waals surface area contributed by atoms with Crippen molar-refractivity contribution in [1.82, 2.24) is 0 Å². The molecule has 0 fully saturated rings. The highest BCUT2D eigenvalue weighted by Gasteiger charge is 2.20. The van der Waals surface area contributed by atoms with E-state index in [1.165, 1.54) is 0 Å². The van der Waals surface area contributed by atoms with Gasteiger partial charge in [-0.2, -0.15) is 5.26 Å². The van der Waals surface area contributed by atoms with E-state index in [4.69, 9.17) is 9.68 Å². The van der Waals surface area contributed by atoms with E-state index in [2.05, 4.69) is 10.1 Å². The smallest absolute Gasteiger partial charge is 0.397 e. The average molecular weight is 258 g/mol. The fraction of sp³-hybridized carbons (Fsp3) is 0.154. The van der Waals surface area contributed by atoms with Gasteiger partial charge in [-0.15, -0.1) is 0 Å². The third-order valence-electron chi connectivity index (χ3n) is 2.40. The quantitative estimate of drug-likeness (QED) is 0.655. The Labute approximate surface area is 108 Å². The zero-order valence-corrected chi connectivity index (χ0v) is 10.1. The highest BCUT2D eigenvalue weighted by Crippen LogP contribution is 2.30. The number of hydrogen-bond acceptors (Lipinski definition) is 5. The summed E-state index contributed by atoms with van der Waals surface area (Å²) in [6, 6.07) is 8.65. The van der Waals surface area contributed by atoms with E-state index in [1.807, 2.05) is 6.07 Å². The second-order valence-electron chi connectivity index (χ2n) is 3.59. The molecule has 0 bridgehead atoms. The van der Waals surface area contributed by atoms with Crippen molar-refractivity contribution in [3.05, 3.63) is 30.0 Å². The van der Waals surface area contributed by atoms with Gasteiger partial charge in [0, 0.05) is 5.39 Å². The molecule has 6 nitrogen and oxygen atoms in total. The number of fused-ring (bicyclic) bond motifs is 1. The number of furan rings is 1. The minimum absolute atomic E-state index is 0.0566. The number of rotatable bonds is 2. The molecule has 0 aliphatic carbocycles. The predicted molar refractivity (Wildman–Crippen MR) is 66.2 cm³/mol. The van der Waals surface area contributed by atoms with E-state index in [0.717, 1.165) is 0 Å². The molecule has 0 atom stereocenters. The van der Waals surface area contributed by atoms with E-state index in [1.54, 1.807) is 31.2 Å². The van der Waals surface area contributed by atoms with Crippen LogP contribution in [0.2, 0.25) is 0 Å². The number of ether oxygens (including phenoxy) is 1. The first-order valence-corrected chi connectivity index (χ1v) is 5.57. The number of nitriles is 1. The van der Waals surface area contributed by atoms with Crippen LogP contribution in [0, 0.1) is 11.3 Å². The topological polar surface area (TPSA) is 92.3 Å². The molecule has 1 aromatic heterocycles. The van der Waals surface area contributed by atoms with Crippen LogP contribution in [0.25, 0.3) is 11.0 Å². The summed E-state index contributed by atoms with van der Waals surface area (Å²) in [4.78, 5) is 22.8. The molecule has 1 N–H and O–H groups in total. The zero-order chi connectivity index (χ0) is 13.8. The highest BCUT2D eigenvalue weighted by atomic mass is 16.5. The lowest BCUT2D eigenvalue weighted by Crippen LogP contribution is -2.25. The van der Waals surface area contributed by atoms with Crippen LogP contribution in [0.4, 0.5) is 5.69 Å². The van der Waals surface area contributed by atoms with Crippen LogP contribution in [0.3, 0.4) is 0 Å². The monoisotopic (exact) mass is 258 g/mol. The second-order valence-corrected chi connectivity index (χ2v) is 3.59. The van der Waals surface area contributed by atoms with Crippen LogP contribution < -0.4 is 5.32 Å². The maximum atomic E-state index is 11.6. The Morgan fingerprint density at radius 3 is 2.84 bits per heavy atom. The van der Waals surface area contributed by atoms with Gasteiger partial charge in [-0.3, -0.25) is 4.79 Å². The van der Waals surface area contributed by atoms with Crippen LogP contribution in [-0.4, -0.2) is 18.5 Å². The zero-order valence-electron chi connectivity index (χ0n) is 10.1. The molecule has 6 heteroatoms. The van der Waals surface area contributed by atoms with Crippen molar-refractivity contribution in [2.24, 2.45) is 0 Å². The summed E-state index contributed by atoms with van der Waals surface area (Å²) in [5.41, 5.74) is 0.634. The SMILES string of the molecule is CCOC(=O)C(=O)Nc1c(C#N)oc2ccccc12. The Hall–Kier alpha value is -2.81. The maximum Gasteiger partial charge on any atom is 0.397 e. The summed E-state index contributed by atoms with van der Waals surface area (Å²) in [6.07, 6.45) is 0. The third-order valence-corrected chi connectivity index (χ3v) is 2.40. The number of nitrogens with zero attached hydrogens (tertiary/aromatic N) is 1. The Morgan fingerprint density at radius 2 is 2.16 bits per heavy atom. The summed E-state index contributed by atoms with van der Waals surface area (Å²) in [5.74, 6) is -2.00. The van der Waals surface area contributed by atoms with Gasteiger partial charge in [0.2, 0.25) is 5.76 Å². The maximum absolute atomic E-state index is 11.6. The summed E-state index contributed by atoms with van der Waals surface area (Å²) < 4.78 is 9.83. The summed E-state index contributed by atoms with van der Waals surface area (Å²) in [6.45, 7) is 1.70. The van der Waals surface area contributed by atoms with Crippen LogP contribution in [0.15, 0.2) is 28.7 Å². The molecule has 2 aromatic rings. The average Bonchev–Trinajstić information content (AvgIpc) is 2.77. The summed E-state index contributed by atoms with van der Waals surface area (Å²) in [7, 11) is 0. The van der Waals surface area contributed by atoms with Gasteiger partial charge < -0.3 is 14.5 Å². The van der Waals surface area contributed by atoms with Gasteiger partial charge in [0.05, 0.1) is 6.61 Å². The Bertz CT molecular complexity index is 681. The second kappa shape index (κ2) is 5.23. The Balaban J connectivity index is 2.37. The molecule has 0 saturated heterocycles. The number of para-hydroxylation sites is 1. The van der Waals surface area contributed by atoms with Crippen molar-refractivity contribution in [1.29, 1.82) is 5.26 Å². The van der Waals surface area contributed by atoms with Crippen molar-refractivity contribution in [2.75, 3.05) is 11.9 Å². The molecule has 1 aromatic carbocycles. The summed E-state index contributed by atoms with van der Waals surface area (Å²) in [5, 5.41) is 11.9. The number of carbonyl (C=O) groups is 2. The standard InChI is InChI=1S/C13H10N2O4/c1-2-18-13(17)12(16)15-11-8-5-3-4-6-9(8)19-10(11)7-14/h3-6H,2H2,1H3,(H,15,16). The number of benzene rings is 1. The molecule has 0 aliphatic rings. The van der Waals surface area contributed by atoms with Crippen molar-refractivity contribution >= 4 is 28.5 Å². The van der Waals surface area contributed by atoms with E-state index in [-0.39, 0.29) is 18.1 Å². The van der Waals surface area contributed by atoms with Crippen molar-refractivity contribution < 1.29 is 18.7 Å². The predicted octanol–water partition coefficient (Wildman–Crippen LogP) is 1.81. The number of hydrogen-bond donors (Lipinski definition) is 1. The molecule has 1 heterocycles. The minimum atomic E-state index is -1.00. The largest absolute Gasteiger partial charge is 0.459 e. The Morgan fingerprint density at radius 1 is 1.42 bits per heavy atom. The third kappa shape index (κ3) is 2.40. The van der Waals surface area contributed by atoms with Crippen molar-refractivity contribution in [2.45, 2.75) is 6.92 Å². The molecule has 0 radical (unpaired) electrons. The van der Waals surface area contributed by atoms with Crippen molar-refractivity contribution in [3.63, 3.8) is 0 Å². The van der Waals surface area contributed by atoms with E-state index >= 15 is 0 Å². The van der Waals surface area contributed by atoms with E-state index in [0.29, 0.717) is 11.0 Å². The highest BCUT2D eigenvalue weighted by molar-refractivity contribution is 6.38. The first kappa shape index (κ1) is 12.6. The van der Waals surface area contributed by atoms with Crippen LogP contribution in [0.1, 0.15) is 12.7 Å². The first-order chi connectivity index (χ1) is 9.17. The van der Waals surface area contributed by atoms with Gasteiger partial charge in [0.25, 0.3) is 0 Å². The molecule has 2 rings (SSSR count). The molecular weight excluding hydrogens is 248 g/mol. The molecule has 96 valence electrons. The van der Waals surface area contributed by atoms with Crippen molar-refractivity contribution in [3.8, 4) is 6.07 Å². The lowest BCUT2D eigenvalue weighted by Gasteiger charge is -2.02. The lowest BCUT2D eigenvalue weighted by molar-refractivity contribution is -0.152. The van der Waals surface area contributed by atoms with Gasteiger partial charge in [0.15, 0.2) is 0 Å². The van der Waals surface area contributed by atoms with Gasteiger partial charge in [0.1, 0.15) is 17.3 Å². The summed E-state index contributed by atoms with van der Waals surface area (Å²) >= 11 is 0. The molecule has 0 spiro atoms. The van der Waals surface area contributed by atoms with Crippen LogP contribution >= 0.6 is 0 Å². The fourth-order valence-electron chi connectivity index (χ4n) is 1.61. The van der Waals surface area contributed by atoms with Gasteiger partial charge in [-0.05, 0) is 19.1 Å². The molecule has 0 saturated carbocycles. The van der Waals surface area contributed by atoms with E-state index in [9.17, 15) is 9.59 Å². The fourth-order valence-corrected chi connectivity index (χ4v) is 1.61. The first-order valence-electron chi connectivity index (χ1n) is 5.57. The Kier molecular flexibility index (Phi) is 3.48. The number of carbonyl (C=O) groups excluding carboxylic acids is 2. The van der Waals surface area contributed by atoms with Gasteiger partial charge in [-0.1, -0.05) is 12.1 Å². The van der Waals surface area contributed by atoms with Crippen LogP contribution in [0.5, 0.6) is 0 Å². The molecule has 1 amide bonds. The molecule has 0 aliphatic heterocycles. The molecular formula is C13H10N2O4. The normalized spacial score (nSPS) is 9.89.